The summed E-state index contributed by atoms with van der Waals surface area (Å²) >= 11 is 0. The Bertz CT molecular complexity index is 771. The van der Waals surface area contributed by atoms with Crippen LogP contribution in [-0.4, -0.2) is 32.1 Å². The lowest BCUT2D eigenvalue weighted by molar-refractivity contribution is -0.116. The molecule has 1 N–H and O–H groups in total. The number of hydrogen-bond donors (Lipinski definition) is 1. The third-order valence-electron chi connectivity index (χ3n) is 3.81. The SMILES string of the molecule is COc1ccc(C(=O)Nc2ccc3c(c2)OCCN3C(C)=O)cc1. The van der Waals surface area contributed by atoms with Gasteiger partial charge in [0, 0.05) is 24.2 Å². The van der Waals surface area contributed by atoms with E-state index < -0.39 is 0 Å². The molecule has 0 aromatic heterocycles. The first kappa shape index (κ1) is 15.9. The predicted octanol–water partition coefficient (Wildman–Crippen LogP) is 2.69. The van der Waals surface area contributed by atoms with Crippen molar-refractivity contribution in [3.8, 4) is 11.5 Å². The molecule has 2 aromatic rings. The quantitative estimate of drug-likeness (QED) is 0.941. The van der Waals surface area contributed by atoms with Gasteiger partial charge in [-0.05, 0) is 36.4 Å². The summed E-state index contributed by atoms with van der Waals surface area (Å²) in [5.41, 5.74) is 1.86. The first-order valence-corrected chi connectivity index (χ1v) is 7.59. The van der Waals surface area contributed by atoms with Crippen molar-refractivity contribution in [2.45, 2.75) is 6.92 Å². The number of nitrogens with one attached hydrogen (secondary N) is 1. The molecule has 1 aliphatic rings. The predicted molar refractivity (Wildman–Crippen MR) is 90.9 cm³/mol. The number of hydrogen-bond acceptors (Lipinski definition) is 4. The minimum Gasteiger partial charge on any atom is -0.497 e. The molecule has 0 radical (unpaired) electrons. The Morgan fingerprint density at radius 2 is 1.92 bits per heavy atom. The van der Waals surface area contributed by atoms with Crippen LogP contribution in [0.3, 0.4) is 0 Å². The molecule has 6 heteroatoms. The van der Waals surface area contributed by atoms with Gasteiger partial charge < -0.3 is 19.7 Å². The molecule has 0 fully saturated rings. The highest BCUT2D eigenvalue weighted by Gasteiger charge is 2.21. The van der Waals surface area contributed by atoms with E-state index in [9.17, 15) is 9.59 Å². The van der Waals surface area contributed by atoms with Crippen LogP contribution < -0.4 is 19.7 Å². The second-order valence-electron chi connectivity index (χ2n) is 5.38. The van der Waals surface area contributed by atoms with Gasteiger partial charge in [-0.1, -0.05) is 0 Å². The standard InChI is InChI=1S/C18H18N2O4/c1-12(21)20-9-10-24-17-11-14(5-8-16(17)20)19-18(22)13-3-6-15(23-2)7-4-13/h3-8,11H,9-10H2,1-2H3,(H,19,22). The van der Waals surface area contributed by atoms with Crippen molar-refractivity contribution >= 4 is 23.2 Å². The Morgan fingerprint density at radius 3 is 2.58 bits per heavy atom. The molecule has 6 nitrogen and oxygen atoms in total. The number of rotatable bonds is 3. The summed E-state index contributed by atoms with van der Waals surface area (Å²) in [7, 11) is 1.58. The topological polar surface area (TPSA) is 67.9 Å². The van der Waals surface area contributed by atoms with E-state index in [-0.39, 0.29) is 11.8 Å². The molecule has 3 rings (SSSR count). The van der Waals surface area contributed by atoms with Crippen LogP contribution in [0, 0.1) is 0 Å². The smallest absolute Gasteiger partial charge is 0.255 e. The minimum atomic E-state index is -0.225. The Balaban J connectivity index is 1.78. The first-order chi connectivity index (χ1) is 11.6. The summed E-state index contributed by atoms with van der Waals surface area (Å²) in [6, 6.07) is 12.1. The van der Waals surface area contributed by atoms with Crippen LogP contribution in [-0.2, 0) is 4.79 Å². The van der Waals surface area contributed by atoms with E-state index >= 15 is 0 Å². The summed E-state index contributed by atoms with van der Waals surface area (Å²) in [6.07, 6.45) is 0. The fourth-order valence-electron chi connectivity index (χ4n) is 2.57. The molecule has 1 heterocycles. The molecule has 0 saturated carbocycles. The van der Waals surface area contributed by atoms with Gasteiger partial charge >= 0.3 is 0 Å². The largest absolute Gasteiger partial charge is 0.497 e. The van der Waals surface area contributed by atoms with Crippen molar-refractivity contribution in [3.63, 3.8) is 0 Å². The van der Waals surface area contributed by atoms with Crippen molar-refractivity contribution in [3.05, 3.63) is 48.0 Å². The second-order valence-corrected chi connectivity index (χ2v) is 5.38. The van der Waals surface area contributed by atoms with E-state index in [1.54, 1.807) is 54.5 Å². The zero-order chi connectivity index (χ0) is 17.1. The van der Waals surface area contributed by atoms with Crippen molar-refractivity contribution in [1.29, 1.82) is 0 Å². The summed E-state index contributed by atoms with van der Waals surface area (Å²) in [6.45, 7) is 2.48. The van der Waals surface area contributed by atoms with Crippen LogP contribution in [0.25, 0.3) is 0 Å². The van der Waals surface area contributed by atoms with E-state index in [0.717, 1.165) is 5.69 Å². The van der Waals surface area contributed by atoms with Crippen molar-refractivity contribution in [2.75, 3.05) is 30.5 Å². The summed E-state index contributed by atoms with van der Waals surface area (Å²) in [4.78, 5) is 25.6. The van der Waals surface area contributed by atoms with E-state index in [4.69, 9.17) is 9.47 Å². The molecule has 0 spiro atoms. The molecule has 0 aliphatic carbocycles. The minimum absolute atomic E-state index is 0.0328. The number of nitrogens with zero attached hydrogens (tertiary/aromatic N) is 1. The zero-order valence-electron chi connectivity index (χ0n) is 13.5. The monoisotopic (exact) mass is 326 g/mol. The van der Waals surface area contributed by atoms with Gasteiger partial charge in [-0.2, -0.15) is 0 Å². The maximum absolute atomic E-state index is 12.3. The molecule has 124 valence electrons. The molecule has 2 amide bonds. The highest BCUT2D eigenvalue weighted by molar-refractivity contribution is 6.04. The second kappa shape index (κ2) is 6.62. The van der Waals surface area contributed by atoms with E-state index in [0.29, 0.717) is 35.9 Å². The van der Waals surface area contributed by atoms with Crippen LogP contribution in [0.5, 0.6) is 11.5 Å². The number of carbonyl (C=O) groups is 2. The average molecular weight is 326 g/mol. The highest BCUT2D eigenvalue weighted by atomic mass is 16.5. The van der Waals surface area contributed by atoms with Gasteiger partial charge in [0.1, 0.15) is 18.1 Å². The van der Waals surface area contributed by atoms with E-state index in [1.807, 2.05) is 0 Å². The summed E-state index contributed by atoms with van der Waals surface area (Å²) < 4.78 is 10.7. The molecule has 0 bridgehead atoms. The Hall–Kier alpha value is -3.02. The molecular weight excluding hydrogens is 308 g/mol. The molecular formula is C18H18N2O4. The molecule has 24 heavy (non-hydrogen) atoms. The number of methoxy groups -OCH3 is 1. The number of anilines is 2. The number of benzene rings is 2. The number of carbonyl (C=O) groups excluding carboxylic acids is 2. The normalized spacial score (nSPS) is 12.8. The van der Waals surface area contributed by atoms with Crippen LogP contribution in [0.4, 0.5) is 11.4 Å². The first-order valence-electron chi connectivity index (χ1n) is 7.59. The van der Waals surface area contributed by atoms with Gasteiger partial charge in [0.25, 0.3) is 5.91 Å². The lowest BCUT2D eigenvalue weighted by Crippen LogP contribution is -2.36. The lowest BCUT2D eigenvalue weighted by Gasteiger charge is -2.29. The summed E-state index contributed by atoms with van der Waals surface area (Å²) in [5.74, 6) is 1.02. The number of fused-ring (bicyclic) bond motifs is 1. The maximum Gasteiger partial charge on any atom is 0.255 e. The average Bonchev–Trinajstić information content (AvgIpc) is 2.61. The summed E-state index contributed by atoms with van der Waals surface area (Å²) in [5, 5.41) is 2.83. The van der Waals surface area contributed by atoms with Crippen LogP contribution in [0.1, 0.15) is 17.3 Å². The number of amides is 2. The fraction of sp³-hybridized carbons (Fsp3) is 0.222. The molecule has 2 aromatic carbocycles. The molecule has 0 unspecified atom stereocenters. The van der Waals surface area contributed by atoms with E-state index in [1.165, 1.54) is 6.92 Å². The van der Waals surface area contributed by atoms with Gasteiger partial charge in [-0.3, -0.25) is 9.59 Å². The van der Waals surface area contributed by atoms with Gasteiger partial charge in [0.05, 0.1) is 19.3 Å². The third kappa shape index (κ3) is 3.17. The molecule has 0 saturated heterocycles. The maximum atomic E-state index is 12.3. The molecule has 1 aliphatic heterocycles. The van der Waals surface area contributed by atoms with E-state index in [2.05, 4.69) is 5.32 Å². The van der Waals surface area contributed by atoms with Crippen LogP contribution in [0.15, 0.2) is 42.5 Å². The van der Waals surface area contributed by atoms with Crippen molar-refractivity contribution in [2.24, 2.45) is 0 Å². The fourth-order valence-corrected chi connectivity index (χ4v) is 2.57. The van der Waals surface area contributed by atoms with Gasteiger partial charge in [-0.25, -0.2) is 0 Å². The molecule has 0 atom stereocenters. The highest BCUT2D eigenvalue weighted by Crippen LogP contribution is 2.34. The van der Waals surface area contributed by atoms with Crippen molar-refractivity contribution < 1.29 is 19.1 Å². The number of ether oxygens (including phenoxy) is 2. The Labute approximate surface area is 140 Å². The Kier molecular flexibility index (Phi) is 4.37. The van der Waals surface area contributed by atoms with Gasteiger partial charge in [0.2, 0.25) is 5.91 Å². The zero-order valence-corrected chi connectivity index (χ0v) is 13.5. The van der Waals surface area contributed by atoms with Gasteiger partial charge in [-0.15, -0.1) is 0 Å². The van der Waals surface area contributed by atoms with Crippen molar-refractivity contribution in [1.82, 2.24) is 0 Å². The Morgan fingerprint density at radius 1 is 1.17 bits per heavy atom. The van der Waals surface area contributed by atoms with Crippen LogP contribution >= 0.6 is 0 Å². The van der Waals surface area contributed by atoms with Crippen LogP contribution in [0.2, 0.25) is 0 Å². The lowest BCUT2D eigenvalue weighted by atomic mass is 10.1. The van der Waals surface area contributed by atoms with Gasteiger partial charge in [0.15, 0.2) is 0 Å². The third-order valence-corrected chi connectivity index (χ3v) is 3.81.